The molecule has 1 amide bonds. The topological polar surface area (TPSA) is 76.9 Å². The number of Topliss-reactive ketones (excluding diaryl/α,β-unsaturated/α-hetero) is 1. The van der Waals surface area contributed by atoms with Crippen molar-refractivity contribution in [2.45, 2.75) is 32.3 Å². The maximum Gasteiger partial charge on any atom is 0.216 e. The fourth-order valence-electron chi connectivity index (χ4n) is 2.98. The minimum Gasteiger partial charge on any atom is -0.356 e. The molecule has 6 nitrogen and oxygen atoms in total. The molecule has 0 saturated heterocycles. The van der Waals surface area contributed by atoms with Crippen LogP contribution in [0.15, 0.2) is 53.7 Å². The van der Waals surface area contributed by atoms with Gasteiger partial charge in [0, 0.05) is 19.0 Å². The molecule has 0 radical (unpaired) electrons. The highest BCUT2D eigenvalue weighted by molar-refractivity contribution is 7.99. The largest absolute Gasteiger partial charge is 0.356 e. The number of benzene rings is 2. The van der Waals surface area contributed by atoms with E-state index in [1.54, 1.807) is 0 Å². The van der Waals surface area contributed by atoms with Crippen molar-refractivity contribution in [1.29, 1.82) is 0 Å². The van der Waals surface area contributed by atoms with Gasteiger partial charge >= 0.3 is 0 Å². The molecule has 0 saturated carbocycles. The molecular formula is C22H24N4O2S. The summed E-state index contributed by atoms with van der Waals surface area (Å²) in [5.41, 5.74) is 3.89. The highest BCUT2D eigenvalue weighted by Crippen LogP contribution is 2.24. The molecule has 0 aliphatic heterocycles. The molecule has 0 fully saturated rings. The lowest BCUT2D eigenvalue weighted by atomic mass is 10.1. The first kappa shape index (κ1) is 20.8. The van der Waals surface area contributed by atoms with Crippen molar-refractivity contribution in [3.63, 3.8) is 0 Å². The Morgan fingerprint density at radius 3 is 2.45 bits per heavy atom. The van der Waals surface area contributed by atoms with Gasteiger partial charge in [-0.25, -0.2) is 0 Å². The third-order valence-corrected chi connectivity index (χ3v) is 5.48. The van der Waals surface area contributed by atoms with E-state index in [2.05, 4.69) is 15.5 Å². The zero-order valence-electron chi connectivity index (χ0n) is 16.8. The smallest absolute Gasteiger partial charge is 0.216 e. The summed E-state index contributed by atoms with van der Waals surface area (Å²) >= 11 is 1.39. The number of amides is 1. The quantitative estimate of drug-likeness (QED) is 0.456. The highest BCUT2D eigenvalue weighted by atomic mass is 32.2. The molecule has 0 aliphatic carbocycles. The van der Waals surface area contributed by atoms with E-state index < -0.39 is 0 Å². The summed E-state index contributed by atoms with van der Waals surface area (Å²) in [5, 5.41) is 11.9. The van der Waals surface area contributed by atoms with Crippen LogP contribution in [0.3, 0.4) is 0 Å². The maximum atomic E-state index is 12.6. The first-order valence-corrected chi connectivity index (χ1v) is 10.4. The second-order valence-corrected chi connectivity index (χ2v) is 7.74. The van der Waals surface area contributed by atoms with Gasteiger partial charge in [0.2, 0.25) is 5.91 Å². The number of rotatable bonds is 8. The van der Waals surface area contributed by atoms with Gasteiger partial charge < -0.3 is 5.32 Å². The Hall–Kier alpha value is -2.93. The van der Waals surface area contributed by atoms with Crippen LogP contribution >= 0.6 is 11.8 Å². The number of carbonyl (C=O) groups is 2. The van der Waals surface area contributed by atoms with Gasteiger partial charge in [0.15, 0.2) is 10.9 Å². The van der Waals surface area contributed by atoms with Crippen molar-refractivity contribution in [3.05, 3.63) is 71.0 Å². The molecular weight excluding hydrogens is 384 g/mol. The van der Waals surface area contributed by atoms with Gasteiger partial charge in [-0.2, -0.15) is 0 Å². The summed E-state index contributed by atoms with van der Waals surface area (Å²) in [7, 11) is 0. The minimum atomic E-state index is -0.0393. The molecule has 2 aromatic carbocycles. The van der Waals surface area contributed by atoms with E-state index in [1.165, 1.54) is 18.7 Å². The Balaban J connectivity index is 1.64. The normalized spacial score (nSPS) is 10.7. The molecule has 1 N–H and O–H groups in total. The summed E-state index contributed by atoms with van der Waals surface area (Å²) in [6.07, 6.45) is 0.738. The Labute approximate surface area is 174 Å². The van der Waals surface area contributed by atoms with E-state index in [0.717, 1.165) is 29.1 Å². The summed E-state index contributed by atoms with van der Waals surface area (Å²) < 4.78 is 1.98. The van der Waals surface area contributed by atoms with Gasteiger partial charge in [0.05, 0.1) is 11.4 Å². The van der Waals surface area contributed by atoms with Crippen molar-refractivity contribution < 1.29 is 9.59 Å². The van der Waals surface area contributed by atoms with Crippen molar-refractivity contribution in [3.8, 4) is 5.69 Å². The van der Waals surface area contributed by atoms with Crippen LogP contribution in [0.4, 0.5) is 0 Å². The summed E-state index contributed by atoms with van der Waals surface area (Å²) in [5.74, 6) is 1.08. The molecule has 3 rings (SSSR count). The molecule has 0 spiro atoms. The van der Waals surface area contributed by atoms with Crippen LogP contribution in [-0.2, 0) is 11.2 Å². The Bertz CT molecular complexity index is 1010. The lowest BCUT2D eigenvalue weighted by molar-refractivity contribution is -0.118. The van der Waals surface area contributed by atoms with Crippen LogP contribution in [0.2, 0.25) is 0 Å². The van der Waals surface area contributed by atoms with Crippen molar-refractivity contribution >= 4 is 23.5 Å². The van der Waals surface area contributed by atoms with E-state index in [0.29, 0.717) is 17.3 Å². The van der Waals surface area contributed by atoms with E-state index in [4.69, 9.17) is 0 Å². The fourth-order valence-corrected chi connectivity index (χ4v) is 3.87. The maximum absolute atomic E-state index is 12.6. The predicted molar refractivity (Wildman–Crippen MR) is 115 cm³/mol. The molecule has 0 atom stereocenters. The lowest BCUT2D eigenvalue weighted by Crippen LogP contribution is -2.22. The van der Waals surface area contributed by atoms with Crippen molar-refractivity contribution in [2.75, 3.05) is 12.3 Å². The molecule has 150 valence electrons. The second-order valence-electron chi connectivity index (χ2n) is 6.79. The summed E-state index contributed by atoms with van der Waals surface area (Å²) in [4.78, 5) is 23.6. The third-order valence-electron chi connectivity index (χ3n) is 4.55. The molecule has 1 aromatic heterocycles. The number of aromatic nitrogens is 3. The van der Waals surface area contributed by atoms with Gasteiger partial charge in [-0.1, -0.05) is 54.2 Å². The van der Waals surface area contributed by atoms with Gasteiger partial charge in [-0.05, 0) is 37.5 Å². The van der Waals surface area contributed by atoms with Crippen molar-refractivity contribution in [2.24, 2.45) is 0 Å². The summed E-state index contributed by atoms with van der Waals surface area (Å²) in [6.45, 7) is 6.04. The van der Waals surface area contributed by atoms with Crippen LogP contribution in [0.1, 0.15) is 34.2 Å². The Morgan fingerprint density at radius 1 is 1.03 bits per heavy atom. The monoisotopic (exact) mass is 408 g/mol. The zero-order valence-corrected chi connectivity index (χ0v) is 17.6. The molecule has 1 heterocycles. The molecule has 7 heteroatoms. The van der Waals surface area contributed by atoms with Crippen molar-refractivity contribution in [1.82, 2.24) is 20.1 Å². The number of hydrogen-bond acceptors (Lipinski definition) is 5. The number of nitrogens with zero attached hydrogens (tertiary/aromatic N) is 3. The number of thioether (sulfide) groups is 1. The van der Waals surface area contributed by atoms with Gasteiger partial charge in [-0.3, -0.25) is 14.2 Å². The van der Waals surface area contributed by atoms with E-state index in [9.17, 15) is 9.59 Å². The van der Waals surface area contributed by atoms with Crippen LogP contribution < -0.4 is 5.32 Å². The fraction of sp³-hybridized carbons (Fsp3) is 0.273. The van der Waals surface area contributed by atoms with Gasteiger partial charge in [0.25, 0.3) is 0 Å². The van der Waals surface area contributed by atoms with Gasteiger partial charge in [0.1, 0.15) is 5.82 Å². The molecule has 0 bridgehead atoms. The molecule has 29 heavy (non-hydrogen) atoms. The van der Waals surface area contributed by atoms with Crippen LogP contribution in [-0.4, -0.2) is 38.8 Å². The van der Waals surface area contributed by atoms with Crippen LogP contribution in [0.25, 0.3) is 5.69 Å². The predicted octanol–water partition coefficient (Wildman–Crippen LogP) is 3.54. The Morgan fingerprint density at radius 2 is 1.76 bits per heavy atom. The van der Waals surface area contributed by atoms with E-state index >= 15 is 0 Å². The average Bonchev–Trinajstić information content (AvgIpc) is 3.07. The van der Waals surface area contributed by atoms with E-state index in [1.807, 2.05) is 66.9 Å². The highest BCUT2D eigenvalue weighted by Gasteiger charge is 2.15. The van der Waals surface area contributed by atoms with Crippen LogP contribution in [0, 0.1) is 13.8 Å². The summed E-state index contributed by atoms with van der Waals surface area (Å²) in [6, 6.07) is 15.6. The van der Waals surface area contributed by atoms with Crippen LogP contribution in [0.5, 0.6) is 0 Å². The molecule has 0 unspecified atom stereocenters. The number of para-hydroxylation sites is 1. The standard InChI is InChI=1S/C22H24N4O2S/c1-15-6-4-5-7-20(15)26-16(2)24-25-22(26)29-14-21(28)19-10-8-18(9-11-19)12-13-23-17(3)27/h4-11H,12-14H2,1-3H3,(H,23,27). The van der Waals surface area contributed by atoms with Gasteiger partial charge in [-0.15, -0.1) is 10.2 Å². The lowest BCUT2D eigenvalue weighted by Gasteiger charge is -2.11. The average molecular weight is 409 g/mol. The third kappa shape index (κ3) is 5.32. The number of hydrogen-bond donors (Lipinski definition) is 1. The first-order chi connectivity index (χ1) is 14.0. The number of ketones is 1. The SMILES string of the molecule is CC(=O)NCCc1ccc(C(=O)CSc2nnc(C)n2-c2ccccc2C)cc1. The zero-order chi connectivity index (χ0) is 20.8. The number of nitrogens with one attached hydrogen (secondary N) is 1. The Kier molecular flexibility index (Phi) is 6.82. The number of aryl methyl sites for hydroxylation is 2. The minimum absolute atomic E-state index is 0.0393. The first-order valence-electron chi connectivity index (χ1n) is 9.43. The number of carbonyl (C=O) groups excluding carboxylic acids is 2. The molecule has 3 aromatic rings. The second kappa shape index (κ2) is 9.52. The van der Waals surface area contributed by atoms with E-state index in [-0.39, 0.29) is 17.4 Å². The molecule has 0 aliphatic rings.